The summed E-state index contributed by atoms with van der Waals surface area (Å²) < 4.78 is 10.5. The number of ether oxygens (including phenoxy) is 2. The van der Waals surface area contributed by atoms with E-state index in [-0.39, 0.29) is 18.5 Å². The van der Waals surface area contributed by atoms with Gasteiger partial charge in [-0.25, -0.2) is 19.4 Å². The van der Waals surface area contributed by atoms with Crippen LogP contribution in [0.2, 0.25) is 0 Å². The number of phenolic OH excluding ortho intramolecular Hbond substituents is 1. The maximum Gasteiger partial charge on any atom is 0.378 e. The molecular weight excluding hydrogens is 356 g/mol. The fourth-order valence-electron chi connectivity index (χ4n) is 2.74. The molecule has 146 valence electrons. The molecule has 1 aromatic carbocycles. The van der Waals surface area contributed by atoms with Gasteiger partial charge in [-0.15, -0.1) is 0 Å². The average Bonchev–Trinajstić information content (AvgIpc) is 2.68. The van der Waals surface area contributed by atoms with Gasteiger partial charge in [-0.05, 0) is 56.4 Å². The van der Waals surface area contributed by atoms with E-state index in [4.69, 9.17) is 9.47 Å². The number of phenols is 1. The van der Waals surface area contributed by atoms with Crippen molar-refractivity contribution < 1.29 is 38.7 Å². The Morgan fingerprint density at radius 2 is 1.74 bits per heavy atom. The van der Waals surface area contributed by atoms with Crippen molar-refractivity contribution in [3.8, 4) is 11.5 Å². The topological polar surface area (TPSA) is 108 Å². The normalized spacial score (nSPS) is 18.9. The highest BCUT2D eigenvalue weighted by Gasteiger charge is 2.32. The van der Waals surface area contributed by atoms with Crippen LogP contribution in [0.4, 0.5) is 0 Å². The largest absolute Gasteiger partial charge is 0.508 e. The van der Waals surface area contributed by atoms with E-state index in [1.54, 1.807) is 19.1 Å². The Balaban J connectivity index is 1.69. The summed E-state index contributed by atoms with van der Waals surface area (Å²) in [5.74, 6) is -1.98. The van der Waals surface area contributed by atoms with Crippen molar-refractivity contribution in [2.24, 2.45) is 11.8 Å². The lowest BCUT2D eigenvalue weighted by Crippen LogP contribution is -2.29. The van der Waals surface area contributed by atoms with Crippen LogP contribution in [0.15, 0.2) is 30.9 Å². The molecule has 0 atom stereocenters. The molecule has 0 aromatic heterocycles. The molecule has 1 saturated carbocycles. The maximum absolute atomic E-state index is 12.1. The van der Waals surface area contributed by atoms with Crippen molar-refractivity contribution in [1.82, 2.24) is 0 Å². The number of esters is 1. The van der Waals surface area contributed by atoms with Crippen LogP contribution in [0.5, 0.6) is 11.5 Å². The Kier molecular flexibility index (Phi) is 7.22. The van der Waals surface area contributed by atoms with Crippen LogP contribution >= 0.6 is 0 Å². The van der Waals surface area contributed by atoms with Crippen molar-refractivity contribution in [1.29, 1.82) is 0 Å². The van der Waals surface area contributed by atoms with Crippen molar-refractivity contribution in [3.05, 3.63) is 36.4 Å². The molecule has 0 heterocycles. The summed E-state index contributed by atoms with van der Waals surface area (Å²) in [6, 6.07) is 4.71. The van der Waals surface area contributed by atoms with Gasteiger partial charge in [0, 0.05) is 6.08 Å². The molecule has 0 saturated heterocycles. The standard InChI is InChI=1S/C19H22O8/c1-3-17(21)26-27-19(23)14-6-4-13(5-7-14)18(22)25-11-24-15-8-9-16(20)12(2)10-15/h3,8-10,13-14,20H,1,4-7,11H2,2H3. The van der Waals surface area contributed by atoms with Gasteiger partial charge in [0.05, 0.1) is 11.8 Å². The Morgan fingerprint density at radius 3 is 2.33 bits per heavy atom. The van der Waals surface area contributed by atoms with Gasteiger partial charge in [-0.2, -0.15) is 0 Å². The Morgan fingerprint density at radius 1 is 1.11 bits per heavy atom. The van der Waals surface area contributed by atoms with Crippen LogP contribution in [0.25, 0.3) is 0 Å². The van der Waals surface area contributed by atoms with Gasteiger partial charge in [-0.1, -0.05) is 6.58 Å². The zero-order valence-electron chi connectivity index (χ0n) is 15.0. The Labute approximate surface area is 156 Å². The number of aromatic hydroxyl groups is 1. The third-order valence-corrected chi connectivity index (χ3v) is 4.36. The highest BCUT2D eigenvalue weighted by Crippen LogP contribution is 2.30. The third-order valence-electron chi connectivity index (χ3n) is 4.36. The second kappa shape index (κ2) is 9.61. The lowest BCUT2D eigenvalue weighted by atomic mass is 9.82. The van der Waals surface area contributed by atoms with E-state index < -0.39 is 23.8 Å². The van der Waals surface area contributed by atoms with Gasteiger partial charge in [0.1, 0.15) is 11.5 Å². The first kappa shape index (κ1) is 20.3. The molecular formula is C19H22O8. The average molecular weight is 378 g/mol. The van der Waals surface area contributed by atoms with Crippen LogP contribution in [0, 0.1) is 18.8 Å². The summed E-state index contributed by atoms with van der Waals surface area (Å²) in [5, 5.41) is 9.46. The minimum atomic E-state index is -0.843. The summed E-state index contributed by atoms with van der Waals surface area (Å²) in [6.07, 6.45) is 2.69. The lowest BCUT2D eigenvalue weighted by molar-refractivity contribution is -0.259. The highest BCUT2D eigenvalue weighted by atomic mass is 17.2. The van der Waals surface area contributed by atoms with Gasteiger partial charge < -0.3 is 14.6 Å². The number of carbonyl (C=O) groups is 3. The van der Waals surface area contributed by atoms with Crippen molar-refractivity contribution in [2.45, 2.75) is 32.6 Å². The minimum Gasteiger partial charge on any atom is -0.508 e. The molecule has 1 aromatic rings. The molecule has 8 heteroatoms. The molecule has 2 rings (SSSR count). The van der Waals surface area contributed by atoms with E-state index in [2.05, 4.69) is 16.4 Å². The molecule has 0 radical (unpaired) electrons. The fraction of sp³-hybridized carbons (Fsp3) is 0.421. The lowest BCUT2D eigenvalue weighted by Gasteiger charge is -2.25. The number of benzene rings is 1. The maximum atomic E-state index is 12.1. The fourth-order valence-corrected chi connectivity index (χ4v) is 2.74. The van der Waals surface area contributed by atoms with Crippen molar-refractivity contribution in [2.75, 3.05) is 6.79 Å². The number of rotatable bonds is 6. The van der Waals surface area contributed by atoms with E-state index in [9.17, 15) is 19.5 Å². The SMILES string of the molecule is C=CC(=O)OOC(=O)C1CCC(C(=O)OCOc2ccc(O)c(C)c2)CC1. The molecule has 0 aliphatic heterocycles. The second-order valence-corrected chi connectivity index (χ2v) is 6.23. The van der Waals surface area contributed by atoms with Crippen molar-refractivity contribution in [3.63, 3.8) is 0 Å². The number of carbonyl (C=O) groups excluding carboxylic acids is 3. The smallest absolute Gasteiger partial charge is 0.378 e. The van der Waals surface area contributed by atoms with Crippen LogP contribution in [-0.2, 0) is 28.9 Å². The van der Waals surface area contributed by atoms with E-state index in [0.29, 0.717) is 37.0 Å². The van der Waals surface area contributed by atoms with Crippen LogP contribution < -0.4 is 4.74 Å². The summed E-state index contributed by atoms with van der Waals surface area (Å²) in [5.41, 5.74) is 0.655. The molecule has 27 heavy (non-hydrogen) atoms. The van der Waals surface area contributed by atoms with E-state index in [1.165, 1.54) is 6.07 Å². The second-order valence-electron chi connectivity index (χ2n) is 6.23. The molecule has 8 nitrogen and oxygen atoms in total. The monoisotopic (exact) mass is 378 g/mol. The summed E-state index contributed by atoms with van der Waals surface area (Å²) in [7, 11) is 0. The highest BCUT2D eigenvalue weighted by molar-refractivity contribution is 5.82. The molecule has 1 aliphatic rings. The van der Waals surface area contributed by atoms with Gasteiger partial charge >= 0.3 is 17.9 Å². The first-order valence-corrected chi connectivity index (χ1v) is 8.54. The predicted octanol–water partition coefficient (Wildman–Crippen LogP) is 2.57. The zero-order chi connectivity index (χ0) is 19.8. The number of hydrogen-bond acceptors (Lipinski definition) is 8. The Bertz CT molecular complexity index is 704. The van der Waals surface area contributed by atoms with E-state index in [0.717, 1.165) is 6.08 Å². The number of aryl methyl sites for hydroxylation is 1. The van der Waals surface area contributed by atoms with Crippen molar-refractivity contribution >= 4 is 17.9 Å². The van der Waals surface area contributed by atoms with Gasteiger partial charge in [-0.3, -0.25) is 4.79 Å². The molecule has 1 fully saturated rings. The number of hydrogen-bond donors (Lipinski definition) is 1. The first-order valence-electron chi connectivity index (χ1n) is 8.54. The molecule has 0 unspecified atom stereocenters. The quantitative estimate of drug-likeness (QED) is 0.265. The Hall–Kier alpha value is -3.03. The van der Waals surface area contributed by atoms with Gasteiger partial charge in [0.2, 0.25) is 6.79 Å². The van der Waals surface area contributed by atoms with E-state index >= 15 is 0 Å². The predicted molar refractivity (Wildman–Crippen MR) is 92.3 cm³/mol. The van der Waals surface area contributed by atoms with Crippen LogP contribution in [-0.4, -0.2) is 29.8 Å². The molecule has 0 bridgehead atoms. The third kappa shape index (κ3) is 6.02. The van der Waals surface area contributed by atoms with Gasteiger partial charge in [0.15, 0.2) is 0 Å². The minimum absolute atomic E-state index is 0.161. The summed E-state index contributed by atoms with van der Waals surface area (Å²) in [6.45, 7) is 4.69. The van der Waals surface area contributed by atoms with Crippen LogP contribution in [0.1, 0.15) is 31.2 Å². The van der Waals surface area contributed by atoms with Gasteiger partial charge in [0.25, 0.3) is 0 Å². The molecule has 0 amide bonds. The molecule has 0 spiro atoms. The summed E-state index contributed by atoms with van der Waals surface area (Å²) >= 11 is 0. The first-order chi connectivity index (χ1) is 12.9. The molecule has 1 N–H and O–H groups in total. The molecule has 1 aliphatic carbocycles. The summed E-state index contributed by atoms with van der Waals surface area (Å²) in [4.78, 5) is 43.5. The van der Waals surface area contributed by atoms with Crippen LogP contribution in [0.3, 0.4) is 0 Å². The zero-order valence-corrected chi connectivity index (χ0v) is 15.0. The van der Waals surface area contributed by atoms with E-state index in [1.807, 2.05) is 0 Å².